The van der Waals surface area contributed by atoms with Gasteiger partial charge in [0.25, 0.3) is 5.91 Å². The molecular weight excluding hydrogens is 396 g/mol. The van der Waals surface area contributed by atoms with Crippen LogP contribution in [-0.2, 0) is 24.3 Å². The predicted octanol–water partition coefficient (Wildman–Crippen LogP) is 1.56. The number of rotatable bonds is 7. The summed E-state index contributed by atoms with van der Waals surface area (Å²) in [5, 5.41) is 2.80. The molecular formula is C20H28N2O6S. The smallest absolute Gasteiger partial charge is 0.338 e. The molecule has 0 unspecified atom stereocenters. The number of hydrogen-bond acceptors (Lipinski definition) is 6. The van der Waals surface area contributed by atoms with Crippen molar-refractivity contribution in [3.8, 4) is 0 Å². The average Bonchev–Trinajstić information content (AvgIpc) is 3.50. The number of carbonyl (C=O) groups is 2. The Balaban J connectivity index is 1.63. The van der Waals surface area contributed by atoms with E-state index >= 15 is 0 Å². The summed E-state index contributed by atoms with van der Waals surface area (Å²) in [5.41, 5.74) is 0.0865. The average molecular weight is 425 g/mol. The molecule has 1 aliphatic heterocycles. The molecule has 1 saturated heterocycles. The van der Waals surface area contributed by atoms with Crippen molar-refractivity contribution in [3.05, 3.63) is 29.8 Å². The monoisotopic (exact) mass is 424 g/mol. The number of sulfonamides is 1. The van der Waals surface area contributed by atoms with E-state index in [9.17, 15) is 18.0 Å². The Bertz CT molecular complexity index is 857. The van der Waals surface area contributed by atoms with E-state index in [1.807, 2.05) is 20.8 Å². The molecule has 1 N–H and O–H groups in total. The van der Waals surface area contributed by atoms with Gasteiger partial charge in [-0.2, -0.15) is 4.31 Å². The molecule has 1 amide bonds. The molecule has 3 rings (SSSR count). The highest BCUT2D eigenvalue weighted by Gasteiger charge is 2.33. The van der Waals surface area contributed by atoms with Gasteiger partial charge in [0.05, 0.1) is 22.7 Å². The number of amides is 1. The van der Waals surface area contributed by atoms with Crippen molar-refractivity contribution in [1.29, 1.82) is 0 Å². The molecule has 1 aromatic carbocycles. The summed E-state index contributed by atoms with van der Waals surface area (Å²) in [7, 11) is -3.77. The third kappa shape index (κ3) is 5.55. The Kier molecular flexibility index (Phi) is 6.60. The van der Waals surface area contributed by atoms with Gasteiger partial charge in [0.1, 0.15) is 0 Å². The minimum absolute atomic E-state index is 0.0139. The van der Waals surface area contributed by atoms with Crippen molar-refractivity contribution >= 4 is 21.9 Å². The van der Waals surface area contributed by atoms with Crippen LogP contribution in [-0.4, -0.2) is 62.5 Å². The summed E-state index contributed by atoms with van der Waals surface area (Å²) in [5.74, 6) is -0.597. The maximum absolute atomic E-state index is 13.0. The molecule has 1 saturated carbocycles. The SMILES string of the molecule is C[C@@H]1CN(S(=O)(=O)c2cccc(C(=O)OCC(=O)N[C@@H](C)C3CC3)c2)C[C@@H](C)O1. The van der Waals surface area contributed by atoms with Crippen LogP contribution in [0.2, 0.25) is 0 Å². The minimum atomic E-state index is -3.77. The van der Waals surface area contributed by atoms with E-state index in [1.165, 1.54) is 28.6 Å². The third-order valence-corrected chi connectivity index (χ3v) is 6.97. The molecule has 0 bridgehead atoms. The minimum Gasteiger partial charge on any atom is -0.452 e. The topological polar surface area (TPSA) is 102 Å². The van der Waals surface area contributed by atoms with Crippen molar-refractivity contribution in [3.63, 3.8) is 0 Å². The summed E-state index contributed by atoms with van der Waals surface area (Å²) in [6.07, 6.45) is 1.78. The van der Waals surface area contributed by atoms with Gasteiger partial charge in [-0.05, 0) is 57.7 Å². The lowest BCUT2D eigenvalue weighted by Gasteiger charge is -2.34. The van der Waals surface area contributed by atoms with Gasteiger partial charge in [-0.25, -0.2) is 13.2 Å². The zero-order valence-corrected chi connectivity index (χ0v) is 17.8. The predicted molar refractivity (Wildman–Crippen MR) is 106 cm³/mol. The normalized spacial score (nSPS) is 24.0. The van der Waals surface area contributed by atoms with Crippen LogP contribution in [0.5, 0.6) is 0 Å². The second-order valence-corrected chi connectivity index (χ2v) is 9.81. The molecule has 0 radical (unpaired) electrons. The number of benzene rings is 1. The van der Waals surface area contributed by atoms with E-state index in [4.69, 9.17) is 9.47 Å². The standard InChI is InChI=1S/C20H28N2O6S/c1-13-10-22(11-14(2)28-13)29(25,26)18-6-4-5-17(9-18)20(24)27-12-19(23)21-15(3)16-7-8-16/h4-6,9,13-16H,7-8,10-12H2,1-3H3,(H,21,23)/t13-,14-,15+/m1/s1. The quantitative estimate of drug-likeness (QED) is 0.667. The highest BCUT2D eigenvalue weighted by Crippen LogP contribution is 2.32. The van der Waals surface area contributed by atoms with Crippen molar-refractivity contribution in [2.75, 3.05) is 19.7 Å². The summed E-state index contributed by atoms with van der Waals surface area (Å²) in [6.45, 7) is 5.67. The zero-order valence-electron chi connectivity index (χ0n) is 17.0. The van der Waals surface area contributed by atoms with Crippen LogP contribution in [0.25, 0.3) is 0 Å². The summed E-state index contributed by atoms with van der Waals surface area (Å²) in [6, 6.07) is 5.75. The van der Waals surface area contributed by atoms with E-state index in [2.05, 4.69) is 5.32 Å². The highest BCUT2D eigenvalue weighted by atomic mass is 32.2. The van der Waals surface area contributed by atoms with Gasteiger partial charge in [0.15, 0.2) is 6.61 Å². The van der Waals surface area contributed by atoms with Crippen molar-refractivity contribution in [1.82, 2.24) is 9.62 Å². The van der Waals surface area contributed by atoms with Crippen LogP contribution in [0.15, 0.2) is 29.2 Å². The first kappa shape index (κ1) is 21.7. The number of carbonyl (C=O) groups excluding carboxylic acids is 2. The van der Waals surface area contributed by atoms with Crippen molar-refractivity contribution < 1.29 is 27.5 Å². The van der Waals surface area contributed by atoms with Crippen LogP contribution in [0.4, 0.5) is 0 Å². The Morgan fingerprint density at radius 2 is 1.90 bits per heavy atom. The number of hydrogen-bond donors (Lipinski definition) is 1. The molecule has 3 atom stereocenters. The van der Waals surface area contributed by atoms with Gasteiger partial charge < -0.3 is 14.8 Å². The first-order chi connectivity index (χ1) is 13.7. The molecule has 1 heterocycles. The van der Waals surface area contributed by atoms with E-state index in [1.54, 1.807) is 0 Å². The molecule has 0 aromatic heterocycles. The first-order valence-electron chi connectivity index (χ1n) is 9.89. The Morgan fingerprint density at radius 3 is 2.52 bits per heavy atom. The zero-order chi connectivity index (χ0) is 21.2. The lowest BCUT2D eigenvalue weighted by atomic mass is 10.2. The van der Waals surface area contributed by atoms with Crippen LogP contribution < -0.4 is 5.32 Å². The van der Waals surface area contributed by atoms with Gasteiger partial charge in [-0.1, -0.05) is 6.07 Å². The lowest BCUT2D eigenvalue weighted by molar-refractivity contribution is -0.124. The Morgan fingerprint density at radius 1 is 1.24 bits per heavy atom. The number of morpholine rings is 1. The van der Waals surface area contributed by atoms with Gasteiger partial charge in [0.2, 0.25) is 10.0 Å². The number of esters is 1. The van der Waals surface area contributed by atoms with Crippen LogP contribution in [0.1, 0.15) is 44.0 Å². The fourth-order valence-corrected chi connectivity index (χ4v) is 5.12. The maximum atomic E-state index is 13.0. The van der Waals surface area contributed by atoms with Crippen LogP contribution in [0.3, 0.4) is 0 Å². The number of nitrogens with zero attached hydrogens (tertiary/aromatic N) is 1. The van der Waals surface area contributed by atoms with Gasteiger partial charge in [-0.15, -0.1) is 0 Å². The largest absolute Gasteiger partial charge is 0.452 e. The maximum Gasteiger partial charge on any atom is 0.338 e. The molecule has 1 aromatic rings. The number of ether oxygens (including phenoxy) is 2. The molecule has 2 aliphatic rings. The number of nitrogens with one attached hydrogen (secondary N) is 1. The second-order valence-electron chi connectivity index (χ2n) is 7.88. The molecule has 9 heteroatoms. The van der Waals surface area contributed by atoms with Gasteiger partial charge in [0, 0.05) is 19.1 Å². The lowest BCUT2D eigenvalue weighted by Crippen LogP contribution is -2.48. The van der Waals surface area contributed by atoms with Crippen molar-refractivity contribution in [2.24, 2.45) is 5.92 Å². The molecule has 160 valence electrons. The van der Waals surface area contributed by atoms with Crippen LogP contribution in [0, 0.1) is 5.92 Å². The molecule has 29 heavy (non-hydrogen) atoms. The first-order valence-corrected chi connectivity index (χ1v) is 11.3. The fourth-order valence-electron chi connectivity index (χ4n) is 3.48. The Hall–Kier alpha value is -1.97. The van der Waals surface area contributed by atoms with Gasteiger partial charge >= 0.3 is 5.97 Å². The van der Waals surface area contributed by atoms with E-state index < -0.39 is 22.6 Å². The van der Waals surface area contributed by atoms with E-state index in [-0.39, 0.29) is 47.7 Å². The fraction of sp³-hybridized carbons (Fsp3) is 0.600. The summed E-state index contributed by atoms with van der Waals surface area (Å²) in [4.78, 5) is 24.2. The molecule has 8 nitrogen and oxygen atoms in total. The van der Waals surface area contributed by atoms with Crippen LogP contribution >= 0.6 is 0 Å². The van der Waals surface area contributed by atoms with Gasteiger partial charge in [-0.3, -0.25) is 4.79 Å². The second kappa shape index (κ2) is 8.81. The summed E-state index contributed by atoms with van der Waals surface area (Å²) < 4.78 is 37.9. The highest BCUT2D eigenvalue weighted by molar-refractivity contribution is 7.89. The Labute approximate surface area is 171 Å². The van der Waals surface area contributed by atoms with E-state index in [0.29, 0.717) is 5.92 Å². The third-order valence-electron chi connectivity index (χ3n) is 5.15. The van der Waals surface area contributed by atoms with Crippen molar-refractivity contribution in [2.45, 2.75) is 56.8 Å². The molecule has 2 fully saturated rings. The van der Waals surface area contributed by atoms with E-state index in [0.717, 1.165) is 12.8 Å². The summed E-state index contributed by atoms with van der Waals surface area (Å²) >= 11 is 0. The molecule has 1 aliphatic carbocycles. The molecule has 0 spiro atoms.